The van der Waals surface area contributed by atoms with Crippen molar-refractivity contribution in [2.75, 3.05) is 18.9 Å². The molecular weight excluding hydrogens is 433 g/mol. The Morgan fingerprint density at radius 2 is 1.76 bits per heavy atom. The third-order valence-corrected chi connectivity index (χ3v) is 6.48. The fourth-order valence-electron chi connectivity index (χ4n) is 4.82. The van der Waals surface area contributed by atoms with E-state index in [9.17, 15) is 14.3 Å². The number of hydrogen-bond acceptors (Lipinski definition) is 4. The summed E-state index contributed by atoms with van der Waals surface area (Å²) in [6.07, 6.45) is 2.88. The van der Waals surface area contributed by atoms with Gasteiger partial charge in [0.05, 0.1) is 11.1 Å². The number of nitrogens with two attached hydrogens (primary N) is 1. The van der Waals surface area contributed by atoms with Gasteiger partial charge in [0.15, 0.2) is 0 Å². The quantitative estimate of drug-likeness (QED) is 0.268. The molecule has 4 N–H and O–H groups in total. The van der Waals surface area contributed by atoms with Gasteiger partial charge in [-0.25, -0.2) is 9.18 Å². The number of ether oxygens (including phenoxy) is 1. The van der Waals surface area contributed by atoms with Gasteiger partial charge in [0.1, 0.15) is 5.82 Å². The number of anilines is 1. The molecule has 2 heterocycles. The van der Waals surface area contributed by atoms with Crippen molar-refractivity contribution in [1.29, 1.82) is 5.41 Å². The number of nitrogen functional groups attached to an aromatic ring is 1. The summed E-state index contributed by atoms with van der Waals surface area (Å²) >= 11 is 0. The topological polar surface area (TPSA) is 101 Å². The first-order valence-electron chi connectivity index (χ1n) is 11.1. The standard InChI is InChI=1S/C27H24FN3O3/c28-20-5-7-21(8-6-20)31-24-13-19(15-29)23(30)14-22(24)25(26(31)17-9-11-34-12-10-17)16-1-3-18(4-2-16)27(32)33/h1-8,13-15,17,29H,9-12,30H2,(H,32,33). The lowest BCUT2D eigenvalue weighted by atomic mass is 9.89. The summed E-state index contributed by atoms with van der Waals surface area (Å²) in [5, 5.41) is 18.1. The van der Waals surface area contributed by atoms with E-state index in [2.05, 4.69) is 4.57 Å². The van der Waals surface area contributed by atoms with Crippen LogP contribution in [0.5, 0.6) is 0 Å². The van der Waals surface area contributed by atoms with Crippen molar-refractivity contribution in [3.63, 3.8) is 0 Å². The van der Waals surface area contributed by atoms with Crippen molar-refractivity contribution in [3.8, 4) is 16.8 Å². The average molecular weight is 458 g/mol. The average Bonchev–Trinajstić information content (AvgIpc) is 3.18. The van der Waals surface area contributed by atoms with E-state index >= 15 is 0 Å². The zero-order chi connectivity index (χ0) is 23.8. The third-order valence-electron chi connectivity index (χ3n) is 6.48. The highest BCUT2D eigenvalue weighted by Gasteiger charge is 2.28. The van der Waals surface area contributed by atoms with Crippen LogP contribution >= 0.6 is 0 Å². The SMILES string of the molecule is N=Cc1cc2c(cc1N)c(-c1ccc(C(=O)O)cc1)c(C1CCOCC1)n2-c1ccc(F)cc1. The maximum Gasteiger partial charge on any atom is 0.335 e. The largest absolute Gasteiger partial charge is 0.478 e. The van der Waals surface area contributed by atoms with Gasteiger partial charge in [-0.15, -0.1) is 0 Å². The Balaban J connectivity index is 1.88. The van der Waals surface area contributed by atoms with Gasteiger partial charge >= 0.3 is 5.97 Å². The summed E-state index contributed by atoms with van der Waals surface area (Å²) in [4.78, 5) is 11.4. The predicted octanol–water partition coefficient (Wildman–Crippen LogP) is 5.61. The molecule has 6 nitrogen and oxygen atoms in total. The zero-order valence-corrected chi connectivity index (χ0v) is 18.4. The molecule has 1 aliphatic heterocycles. The molecule has 0 radical (unpaired) electrons. The van der Waals surface area contributed by atoms with E-state index in [-0.39, 0.29) is 17.3 Å². The van der Waals surface area contributed by atoms with E-state index in [1.807, 2.05) is 24.3 Å². The fourth-order valence-corrected chi connectivity index (χ4v) is 4.82. The second-order valence-electron chi connectivity index (χ2n) is 8.48. The number of aromatic carboxylic acids is 1. The molecule has 0 bridgehead atoms. The van der Waals surface area contributed by atoms with Gasteiger partial charge in [-0.1, -0.05) is 12.1 Å². The number of carboxylic acids is 1. The maximum atomic E-state index is 13.8. The van der Waals surface area contributed by atoms with Gasteiger partial charge in [0.2, 0.25) is 0 Å². The molecule has 4 aromatic rings. The Bertz CT molecular complexity index is 1390. The Hall–Kier alpha value is -3.97. The van der Waals surface area contributed by atoms with Crippen molar-refractivity contribution < 1.29 is 19.0 Å². The van der Waals surface area contributed by atoms with Crippen LogP contribution in [0.15, 0.2) is 60.7 Å². The number of aromatic nitrogens is 1. The number of hydrogen-bond donors (Lipinski definition) is 3. The molecule has 0 saturated carbocycles. The van der Waals surface area contributed by atoms with Crippen molar-refractivity contribution in [1.82, 2.24) is 4.57 Å². The van der Waals surface area contributed by atoms with Crippen LogP contribution in [0.3, 0.4) is 0 Å². The second-order valence-corrected chi connectivity index (χ2v) is 8.48. The molecule has 0 spiro atoms. The minimum Gasteiger partial charge on any atom is -0.478 e. The van der Waals surface area contributed by atoms with Crippen molar-refractivity contribution in [3.05, 3.63) is 83.3 Å². The molecule has 5 rings (SSSR count). The molecule has 3 aromatic carbocycles. The molecule has 0 amide bonds. The van der Waals surface area contributed by atoms with E-state index in [0.29, 0.717) is 24.5 Å². The molecule has 34 heavy (non-hydrogen) atoms. The minimum absolute atomic E-state index is 0.171. The van der Waals surface area contributed by atoms with Gasteiger partial charge in [-0.3, -0.25) is 0 Å². The summed E-state index contributed by atoms with van der Waals surface area (Å²) in [6, 6.07) is 17.0. The normalized spacial score (nSPS) is 14.4. The Kier molecular flexibility index (Phi) is 5.63. The molecular formula is C27H24FN3O3. The van der Waals surface area contributed by atoms with Crippen LogP contribution < -0.4 is 5.73 Å². The maximum absolute atomic E-state index is 13.8. The number of rotatable bonds is 5. The van der Waals surface area contributed by atoms with Crippen molar-refractivity contribution in [2.24, 2.45) is 0 Å². The van der Waals surface area contributed by atoms with Crippen LogP contribution in [0.25, 0.3) is 27.7 Å². The Morgan fingerprint density at radius 1 is 1.09 bits per heavy atom. The van der Waals surface area contributed by atoms with E-state index in [0.717, 1.165) is 46.3 Å². The van der Waals surface area contributed by atoms with Gasteiger partial charge in [-0.2, -0.15) is 0 Å². The molecule has 1 fully saturated rings. The monoisotopic (exact) mass is 457 g/mol. The van der Waals surface area contributed by atoms with Crippen LogP contribution in [0.2, 0.25) is 0 Å². The van der Waals surface area contributed by atoms with Crippen molar-refractivity contribution >= 4 is 28.8 Å². The molecule has 0 aliphatic carbocycles. The van der Waals surface area contributed by atoms with Crippen LogP contribution in [0.4, 0.5) is 10.1 Å². The van der Waals surface area contributed by atoms with Gasteiger partial charge < -0.3 is 25.6 Å². The lowest BCUT2D eigenvalue weighted by Crippen LogP contribution is -2.17. The highest BCUT2D eigenvalue weighted by molar-refractivity contribution is 6.04. The summed E-state index contributed by atoms with van der Waals surface area (Å²) < 4.78 is 21.5. The number of fused-ring (bicyclic) bond motifs is 1. The molecule has 1 aromatic heterocycles. The van der Waals surface area contributed by atoms with Crippen LogP contribution in [-0.4, -0.2) is 35.1 Å². The third kappa shape index (κ3) is 3.74. The first-order chi connectivity index (χ1) is 16.5. The minimum atomic E-state index is -0.982. The van der Waals surface area contributed by atoms with Gasteiger partial charge in [-0.05, 0) is 66.9 Å². The number of nitrogens with one attached hydrogen (secondary N) is 1. The summed E-state index contributed by atoms with van der Waals surface area (Å²) in [5.74, 6) is -1.13. The molecule has 1 saturated heterocycles. The fraction of sp³-hybridized carbons (Fsp3) is 0.185. The van der Waals surface area contributed by atoms with Crippen LogP contribution in [0.1, 0.15) is 40.4 Å². The lowest BCUT2D eigenvalue weighted by molar-refractivity contribution is 0.0697. The molecule has 172 valence electrons. The van der Waals surface area contributed by atoms with Gasteiger partial charge in [0, 0.05) is 58.9 Å². The van der Waals surface area contributed by atoms with Gasteiger partial charge in [0.25, 0.3) is 0 Å². The second kappa shape index (κ2) is 8.76. The van der Waals surface area contributed by atoms with Crippen molar-refractivity contribution in [2.45, 2.75) is 18.8 Å². The van der Waals surface area contributed by atoms with Crippen LogP contribution in [-0.2, 0) is 4.74 Å². The van der Waals surface area contributed by atoms with E-state index in [1.165, 1.54) is 18.3 Å². The van der Waals surface area contributed by atoms with Crippen LogP contribution in [0, 0.1) is 11.2 Å². The Labute approximate surface area is 195 Å². The lowest BCUT2D eigenvalue weighted by Gasteiger charge is -2.26. The summed E-state index contributed by atoms with van der Waals surface area (Å²) in [5.41, 5.74) is 12.1. The summed E-state index contributed by atoms with van der Waals surface area (Å²) in [6.45, 7) is 1.28. The zero-order valence-electron chi connectivity index (χ0n) is 18.4. The highest BCUT2D eigenvalue weighted by Crippen LogP contribution is 2.44. The van der Waals surface area contributed by atoms with E-state index in [1.54, 1.807) is 24.3 Å². The Morgan fingerprint density at radius 3 is 2.38 bits per heavy atom. The number of nitrogens with zero attached hydrogens (tertiary/aromatic N) is 1. The highest BCUT2D eigenvalue weighted by atomic mass is 19.1. The molecule has 7 heteroatoms. The molecule has 0 atom stereocenters. The van der Waals surface area contributed by atoms with E-state index in [4.69, 9.17) is 15.9 Å². The number of carbonyl (C=O) groups is 1. The molecule has 1 aliphatic rings. The number of benzene rings is 3. The van der Waals surface area contributed by atoms with E-state index < -0.39 is 5.97 Å². The summed E-state index contributed by atoms with van der Waals surface area (Å²) in [7, 11) is 0. The first kappa shape index (κ1) is 21.9. The first-order valence-corrected chi connectivity index (χ1v) is 11.1. The number of halogens is 1. The smallest absolute Gasteiger partial charge is 0.335 e. The number of carboxylic acid groups (broad SMARTS) is 1. The predicted molar refractivity (Wildman–Crippen MR) is 131 cm³/mol. The molecule has 0 unspecified atom stereocenters.